The Kier molecular flexibility index (Phi) is 4.17. The van der Waals surface area contributed by atoms with Crippen LogP contribution >= 0.6 is 27.5 Å². The molecule has 14 heavy (non-hydrogen) atoms. The fourth-order valence-corrected chi connectivity index (χ4v) is 1.81. The third kappa shape index (κ3) is 3.12. The van der Waals surface area contributed by atoms with Crippen molar-refractivity contribution in [3.05, 3.63) is 44.9 Å². The highest BCUT2D eigenvalue weighted by molar-refractivity contribution is 9.10. The van der Waals surface area contributed by atoms with Crippen LogP contribution in [0.15, 0.2) is 34.3 Å². The Morgan fingerprint density at radius 3 is 2.71 bits per heavy atom. The number of allylic oxidation sites excluding steroid dienone is 1. The van der Waals surface area contributed by atoms with Crippen molar-refractivity contribution >= 4 is 27.5 Å². The first-order valence-corrected chi connectivity index (χ1v) is 5.46. The molecule has 1 unspecified atom stereocenters. The van der Waals surface area contributed by atoms with Gasteiger partial charge < -0.3 is 5.11 Å². The van der Waals surface area contributed by atoms with Crippen LogP contribution in [0.2, 0.25) is 5.02 Å². The summed E-state index contributed by atoms with van der Waals surface area (Å²) in [7, 11) is 0. The second-order valence-electron chi connectivity index (χ2n) is 3.35. The minimum Gasteiger partial charge on any atom is -0.384 e. The third-order valence-corrected chi connectivity index (χ3v) is 2.73. The molecule has 1 aromatic rings. The van der Waals surface area contributed by atoms with Crippen LogP contribution in [0.4, 0.5) is 0 Å². The predicted octanol–water partition coefficient (Wildman–Crippen LogP) is 4.10. The van der Waals surface area contributed by atoms with E-state index >= 15 is 0 Å². The second-order valence-corrected chi connectivity index (χ2v) is 4.65. The number of hydrogen-bond acceptors (Lipinski definition) is 1. The van der Waals surface area contributed by atoms with Gasteiger partial charge >= 0.3 is 0 Å². The quantitative estimate of drug-likeness (QED) is 0.806. The summed E-state index contributed by atoms with van der Waals surface area (Å²) in [5.74, 6) is 0. The molecule has 0 amide bonds. The summed E-state index contributed by atoms with van der Waals surface area (Å²) in [6, 6.07) is 5.37. The van der Waals surface area contributed by atoms with E-state index < -0.39 is 6.10 Å². The first-order chi connectivity index (χ1) is 6.50. The topological polar surface area (TPSA) is 20.2 Å². The Labute approximate surface area is 97.5 Å². The number of halogens is 2. The zero-order chi connectivity index (χ0) is 10.7. The van der Waals surface area contributed by atoms with E-state index in [0.717, 1.165) is 15.6 Å². The van der Waals surface area contributed by atoms with Crippen molar-refractivity contribution in [2.24, 2.45) is 0 Å². The van der Waals surface area contributed by atoms with Gasteiger partial charge in [-0.3, -0.25) is 0 Å². The van der Waals surface area contributed by atoms with E-state index in [4.69, 9.17) is 11.6 Å². The van der Waals surface area contributed by atoms with Crippen LogP contribution in [0.5, 0.6) is 0 Å². The molecule has 1 nitrogen and oxygen atoms in total. The van der Waals surface area contributed by atoms with Gasteiger partial charge in [0.1, 0.15) is 0 Å². The minimum absolute atomic E-state index is 0.604. The van der Waals surface area contributed by atoms with Crippen LogP contribution < -0.4 is 0 Å². The first kappa shape index (κ1) is 11.8. The molecule has 76 valence electrons. The fraction of sp³-hybridized carbons (Fsp3) is 0.273. The second kappa shape index (κ2) is 4.96. The number of aliphatic hydroxyl groups excluding tert-OH is 1. The molecule has 0 aliphatic rings. The smallest absolute Gasteiger partial charge is 0.0985 e. The molecule has 0 aliphatic heterocycles. The van der Waals surface area contributed by atoms with Gasteiger partial charge in [0, 0.05) is 15.1 Å². The van der Waals surface area contributed by atoms with E-state index in [1.54, 1.807) is 18.2 Å². The normalized spacial score (nSPS) is 12.4. The van der Waals surface area contributed by atoms with Gasteiger partial charge in [0.25, 0.3) is 0 Å². The molecule has 0 aliphatic carbocycles. The Bertz CT molecular complexity index is 356. The fourth-order valence-electron chi connectivity index (χ4n) is 1.15. The molecule has 3 heteroatoms. The summed E-state index contributed by atoms with van der Waals surface area (Å²) in [6.45, 7) is 3.89. The average Bonchev–Trinajstić information content (AvgIpc) is 2.08. The van der Waals surface area contributed by atoms with E-state index in [-0.39, 0.29) is 0 Å². The molecule has 0 fully saturated rings. The summed E-state index contributed by atoms with van der Waals surface area (Å²) < 4.78 is 0.868. The summed E-state index contributed by atoms with van der Waals surface area (Å²) >= 11 is 9.22. The number of hydrogen-bond donors (Lipinski definition) is 1. The molecule has 1 N–H and O–H groups in total. The van der Waals surface area contributed by atoms with Gasteiger partial charge in [-0.05, 0) is 32.0 Å². The Morgan fingerprint density at radius 1 is 1.50 bits per heavy atom. The maximum atomic E-state index is 9.83. The van der Waals surface area contributed by atoms with Crippen molar-refractivity contribution in [3.8, 4) is 0 Å². The van der Waals surface area contributed by atoms with E-state index in [1.807, 2.05) is 19.9 Å². The maximum Gasteiger partial charge on any atom is 0.0985 e. The lowest BCUT2D eigenvalue weighted by Crippen LogP contribution is -1.95. The third-order valence-electron chi connectivity index (χ3n) is 1.77. The van der Waals surface area contributed by atoms with Crippen molar-refractivity contribution in [1.82, 2.24) is 0 Å². The lowest BCUT2D eigenvalue weighted by Gasteiger charge is -2.09. The molecule has 0 saturated heterocycles. The summed E-state index contributed by atoms with van der Waals surface area (Å²) in [6.07, 6.45) is 1.18. The standard InChI is InChI=1S/C11H12BrClO/c1-7(2)5-11(14)9-6-8(13)3-4-10(9)12/h3-6,11,14H,1-2H3. The summed E-state index contributed by atoms with van der Waals surface area (Å²) in [5.41, 5.74) is 1.86. The molecule has 0 radical (unpaired) electrons. The van der Waals surface area contributed by atoms with Crippen LogP contribution in [0, 0.1) is 0 Å². The lowest BCUT2D eigenvalue weighted by atomic mass is 10.1. The van der Waals surface area contributed by atoms with Gasteiger partial charge in [0.05, 0.1) is 6.10 Å². The SMILES string of the molecule is CC(C)=CC(O)c1cc(Cl)ccc1Br. The zero-order valence-corrected chi connectivity index (χ0v) is 10.4. The van der Waals surface area contributed by atoms with Gasteiger partial charge in [-0.15, -0.1) is 0 Å². The molecular weight excluding hydrogens is 263 g/mol. The largest absolute Gasteiger partial charge is 0.384 e. The molecule has 0 bridgehead atoms. The van der Waals surface area contributed by atoms with Crippen LogP contribution in [-0.4, -0.2) is 5.11 Å². The first-order valence-electron chi connectivity index (χ1n) is 4.28. The van der Waals surface area contributed by atoms with Crippen LogP contribution in [0.3, 0.4) is 0 Å². The van der Waals surface area contributed by atoms with Gasteiger partial charge in [-0.25, -0.2) is 0 Å². The van der Waals surface area contributed by atoms with Gasteiger partial charge in [-0.2, -0.15) is 0 Å². The van der Waals surface area contributed by atoms with Crippen LogP contribution in [-0.2, 0) is 0 Å². The highest BCUT2D eigenvalue weighted by Crippen LogP contribution is 2.27. The van der Waals surface area contributed by atoms with Crippen LogP contribution in [0.25, 0.3) is 0 Å². The maximum absolute atomic E-state index is 9.83. The Hall–Kier alpha value is -0.310. The molecule has 1 atom stereocenters. The van der Waals surface area contributed by atoms with Gasteiger partial charge in [0.15, 0.2) is 0 Å². The lowest BCUT2D eigenvalue weighted by molar-refractivity contribution is 0.227. The van der Waals surface area contributed by atoms with Gasteiger partial charge in [-0.1, -0.05) is 39.2 Å². The monoisotopic (exact) mass is 274 g/mol. The van der Waals surface area contributed by atoms with Crippen molar-refractivity contribution in [1.29, 1.82) is 0 Å². The zero-order valence-electron chi connectivity index (χ0n) is 8.09. The Morgan fingerprint density at radius 2 is 2.14 bits per heavy atom. The van der Waals surface area contributed by atoms with Crippen molar-refractivity contribution in [2.45, 2.75) is 20.0 Å². The molecule has 0 saturated carbocycles. The highest BCUT2D eigenvalue weighted by atomic mass is 79.9. The minimum atomic E-state index is -0.604. The van der Waals surface area contributed by atoms with Crippen molar-refractivity contribution < 1.29 is 5.11 Å². The number of rotatable bonds is 2. The molecule has 0 aromatic heterocycles. The van der Waals surface area contributed by atoms with E-state index in [0.29, 0.717) is 5.02 Å². The van der Waals surface area contributed by atoms with Crippen molar-refractivity contribution in [3.63, 3.8) is 0 Å². The molecule has 1 aromatic carbocycles. The van der Waals surface area contributed by atoms with Gasteiger partial charge in [0.2, 0.25) is 0 Å². The number of aliphatic hydroxyl groups is 1. The Balaban J connectivity index is 3.05. The van der Waals surface area contributed by atoms with E-state index in [2.05, 4.69) is 15.9 Å². The number of benzene rings is 1. The van der Waals surface area contributed by atoms with E-state index in [1.165, 1.54) is 0 Å². The van der Waals surface area contributed by atoms with Crippen LogP contribution in [0.1, 0.15) is 25.5 Å². The summed E-state index contributed by atoms with van der Waals surface area (Å²) in [4.78, 5) is 0. The predicted molar refractivity (Wildman–Crippen MR) is 63.5 cm³/mol. The summed E-state index contributed by atoms with van der Waals surface area (Å²) in [5, 5.41) is 10.5. The molecule has 1 rings (SSSR count). The average molecular weight is 276 g/mol. The molecule has 0 heterocycles. The van der Waals surface area contributed by atoms with Crippen molar-refractivity contribution in [2.75, 3.05) is 0 Å². The molecular formula is C11H12BrClO. The molecule has 0 spiro atoms. The van der Waals surface area contributed by atoms with E-state index in [9.17, 15) is 5.11 Å². The highest BCUT2D eigenvalue weighted by Gasteiger charge is 2.08.